The van der Waals surface area contributed by atoms with Crippen molar-refractivity contribution in [3.05, 3.63) is 41.5 Å². The van der Waals surface area contributed by atoms with Crippen LogP contribution in [0.15, 0.2) is 28.8 Å². The van der Waals surface area contributed by atoms with Crippen LogP contribution in [-0.2, 0) is 17.8 Å². The Morgan fingerprint density at radius 3 is 2.67 bits per heavy atom. The van der Waals surface area contributed by atoms with E-state index in [2.05, 4.69) is 28.9 Å². The van der Waals surface area contributed by atoms with Crippen LogP contribution in [0.25, 0.3) is 0 Å². The first-order valence-corrected chi connectivity index (χ1v) is 7.91. The van der Waals surface area contributed by atoms with Crippen LogP contribution in [0.5, 0.6) is 0 Å². The monoisotopic (exact) mass is 354 g/mol. The van der Waals surface area contributed by atoms with E-state index in [0.29, 0.717) is 30.8 Å². The van der Waals surface area contributed by atoms with Crippen LogP contribution in [0.1, 0.15) is 44.2 Å². The molecule has 0 spiro atoms. The number of anilines is 1. The van der Waals surface area contributed by atoms with Crippen LogP contribution in [-0.4, -0.2) is 28.7 Å². The van der Waals surface area contributed by atoms with Crippen molar-refractivity contribution in [3.63, 3.8) is 0 Å². The molecule has 2 N–H and O–H groups in total. The zero-order chi connectivity index (χ0) is 16.8. The molecule has 2 aromatic rings. The van der Waals surface area contributed by atoms with Gasteiger partial charge in [-0.25, -0.2) is 0 Å². The van der Waals surface area contributed by atoms with Gasteiger partial charge in [0.05, 0.1) is 6.54 Å². The molecule has 1 atom stereocenters. The van der Waals surface area contributed by atoms with Crippen molar-refractivity contribution >= 4 is 18.1 Å². The summed E-state index contributed by atoms with van der Waals surface area (Å²) >= 11 is 0. The molecule has 0 saturated carbocycles. The summed E-state index contributed by atoms with van der Waals surface area (Å²) in [5, 5.41) is 4.01. The number of hydrogen-bond acceptors (Lipinski definition) is 6. The molecular formula is C17H27ClN4O2. The van der Waals surface area contributed by atoms with Gasteiger partial charge in [0.1, 0.15) is 6.10 Å². The number of ether oxygens (including phenoxy) is 1. The molecule has 0 bridgehead atoms. The van der Waals surface area contributed by atoms with Gasteiger partial charge in [-0.1, -0.05) is 31.1 Å². The smallest absolute Gasteiger partial charge is 0.240 e. The number of nitrogens with two attached hydrogens (primary N) is 1. The van der Waals surface area contributed by atoms with Gasteiger partial charge in [0.15, 0.2) is 5.82 Å². The average Bonchev–Trinajstić information content (AvgIpc) is 2.93. The van der Waals surface area contributed by atoms with E-state index >= 15 is 0 Å². The molecule has 24 heavy (non-hydrogen) atoms. The zero-order valence-electron chi connectivity index (χ0n) is 14.7. The second-order valence-electron chi connectivity index (χ2n) is 6.33. The van der Waals surface area contributed by atoms with Crippen LogP contribution < -0.4 is 5.73 Å². The third kappa shape index (κ3) is 6.47. The highest BCUT2D eigenvalue weighted by Gasteiger charge is 2.16. The lowest BCUT2D eigenvalue weighted by molar-refractivity contribution is 0.0402. The molecule has 0 aliphatic heterocycles. The number of hydrogen-bond donors (Lipinski definition) is 1. The average molecular weight is 355 g/mol. The predicted octanol–water partition coefficient (Wildman–Crippen LogP) is 3.44. The second kappa shape index (κ2) is 9.61. The van der Waals surface area contributed by atoms with E-state index in [1.54, 1.807) is 0 Å². The van der Waals surface area contributed by atoms with Crippen molar-refractivity contribution in [1.82, 2.24) is 15.0 Å². The van der Waals surface area contributed by atoms with Gasteiger partial charge in [0.2, 0.25) is 5.89 Å². The summed E-state index contributed by atoms with van der Waals surface area (Å²) < 4.78 is 11.0. The van der Waals surface area contributed by atoms with Crippen molar-refractivity contribution in [2.45, 2.75) is 40.0 Å². The molecule has 1 unspecified atom stereocenters. The first-order chi connectivity index (χ1) is 10.9. The van der Waals surface area contributed by atoms with E-state index in [1.807, 2.05) is 38.2 Å². The Morgan fingerprint density at radius 1 is 1.25 bits per heavy atom. The third-order valence-corrected chi connectivity index (χ3v) is 3.34. The van der Waals surface area contributed by atoms with Crippen LogP contribution in [0.4, 0.5) is 5.69 Å². The Kier molecular flexibility index (Phi) is 8.18. The van der Waals surface area contributed by atoms with E-state index < -0.39 is 0 Å². The van der Waals surface area contributed by atoms with Crippen LogP contribution in [0, 0.1) is 5.92 Å². The summed E-state index contributed by atoms with van der Waals surface area (Å²) in [7, 11) is 2.01. The fraction of sp³-hybridized carbons (Fsp3) is 0.529. The van der Waals surface area contributed by atoms with Gasteiger partial charge < -0.3 is 15.0 Å². The fourth-order valence-electron chi connectivity index (χ4n) is 2.20. The van der Waals surface area contributed by atoms with E-state index in [1.165, 1.54) is 0 Å². The molecule has 0 aliphatic carbocycles. The lowest BCUT2D eigenvalue weighted by atomic mass is 10.2. The summed E-state index contributed by atoms with van der Waals surface area (Å²) in [6.45, 7) is 8.19. The molecule has 0 fully saturated rings. The first-order valence-electron chi connectivity index (χ1n) is 7.91. The van der Waals surface area contributed by atoms with Gasteiger partial charge in [-0.05, 0) is 37.6 Å². The molecule has 2 rings (SSSR count). The molecule has 1 heterocycles. The molecule has 1 aromatic heterocycles. The van der Waals surface area contributed by atoms with Crippen LogP contribution >= 0.6 is 12.4 Å². The Balaban J connectivity index is 0.00000288. The Morgan fingerprint density at radius 2 is 2.00 bits per heavy atom. The number of aromatic nitrogens is 2. The van der Waals surface area contributed by atoms with Crippen LogP contribution in [0.3, 0.4) is 0 Å². The molecule has 1 aromatic carbocycles. The van der Waals surface area contributed by atoms with Crippen LogP contribution in [0.2, 0.25) is 0 Å². The molecule has 0 saturated heterocycles. The summed E-state index contributed by atoms with van der Waals surface area (Å²) in [6.07, 6.45) is -0.158. The van der Waals surface area contributed by atoms with Gasteiger partial charge in [0.25, 0.3) is 0 Å². The second-order valence-corrected chi connectivity index (χ2v) is 6.33. The topological polar surface area (TPSA) is 77.4 Å². The number of halogens is 1. The molecule has 0 amide bonds. The molecule has 6 nitrogen and oxygen atoms in total. The number of nitrogen functional groups attached to an aromatic ring is 1. The van der Waals surface area contributed by atoms with Crippen molar-refractivity contribution in [2.75, 3.05) is 19.4 Å². The fourth-order valence-corrected chi connectivity index (χ4v) is 2.20. The zero-order valence-corrected chi connectivity index (χ0v) is 15.5. The molecule has 0 radical (unpaired) electrons. The van der Waals surface area contributed by atoms with E-state index in [4.69, 9.17) is 15.0 Å². The number of benzene rings is 1. The summed E-state index contributed by atoms with van der Waals surface area (Å²) in [5.41, 5.74) is 7.72. The van der Waals surface area contributed by atoms with Gasteiger partial charge >= 0.3 is 0 Å². The van der Waals surface area contributed by atoms with Crippen molar-refractivity contribution in [1.29, 1.82) is 0 Å². The van der Waals surface area contributed by atoms with E-state index in [0.717, 1.165) is 17.8 Å². The van der Waals surface area contributed by atoms with Gasteiger partial charge in [0, 0.05) is 18.8 Å². The van der Waals surface area contributed by atoms with E-state index in [9.17, 15) is 0 Å². The largest absolute Gasteiger partial charge is 0.399 e. The maximum atomic E-state index is 5.80. The first kappa shape index (κ1) is 20.4. The Hall–Kier alpha value is -1.63. The normalized spacial score (nSPS) is 12.4. The van der Waals surface area contributed by atoms with Gasteiger partial charge in [-0.2, -0.15) is 4.98 Å². The van der Waals surface area contributed by atoms with Crippen molar-refractivity contribution < 1.29 is 9.26 Å². The highest BCUT2D eigenvalue weighted by Crippen LogP contribution is 2.16. The summed E-state index contributed by atoms with van der Waals surface area (Å²) in [5.74, 6) is 1.66. The van der Waals surface area contributed by atoms with E-state index in [-0.39, 0.29) is 18.5 Å². The summed E-state index contributed by atoms with van der Waals surface area (Å²) in [4.78, 5) is 6.52. The highest BCUT2D eigenvalue weighted by atomic mass is 35.5. The minimum atomic E-state index is -0.158. The molecule has 0 aliphatic rings. The lowest BCUT2D eigenvalue weighted by Crippen LogP contribution is -2.17. The highest BCUT2D eigenvalue weighted by molar-refractivity contribution is 5.85. The molecule has 134 valence electrons. The predicted molar refractivity (Wildman–Crippen MR) is 96.8 cm³/mol. The SMILES string of the molecule is CC(C)COC(C)c1noc(CN(C)Cc2cccc(N)c2)n1.Cl. The number of rotatable bonds is 8. The maximum absolute atomic E-state index is 5.80. The maximum Gasteiger partial charge on any atom is 0.240 e. The van der Waals surface area contributed by atoms with Gasteiger partial charge in [-0.3, -0.25) is 4.90 Å². The van der Waals surface area contributed by atoms with Gasteiger partial charge in [-0.15, -0.1) is 12.4 Å². The quantitative estimate of drug-likeness (QED) is 0.732. The van der Waals surface area contributed by atoms with Crippen molar-refractivity contribution in [3.8, 4) is 0 Å². The minimum Gasteiger partial charge on any atom is -0.399 e. The standard InChI is InChI=1S/C17H26N4O2.ClH/c1-12(2)11-22-13(3)17-19-16(23-20-17)10-21(4)9-14-6-5-7-15(18)8-14;/h5-8,12-13H,9-11,18H2,1-4H3;1H. The Bertz CT molecular complexity index is 618. The third-order valence-electron chi connectivity index (χ3n) is 3.34. The summed E-state index contributed by atoms with van der Waals surface area (Å²) in [6, 6.07) is 7.86. The van der Waals surface area contributed by atoms with Crippen molar-refractivity contribution in [2.24, 2.45) is 5.92 Å². The molecule has 7 heteroatoms. The lowest BCUT2D eigenvalue weighted by Gasteiger charge is -2.14. The minimum absolute atomic E-state index is 0. The Labute approximate surface area is 149 Å². The molecular weight excluding hydrogens is 328 g/mol. The number of nitrogens with zero attached hydrogens (tertiary/aromatic N) is 3.